The smallest absolute Gasteiger partial charge is 0.359 e. The fourth-order valence-corrected chi connectivity index (χ4v) is 2.41. The zero-order chi connectivity index (χ0) is 15.0. The Morgan fingerprint density at radius 3 is 2.52 bits per heavy atom. The molecule has 1 aromatic carbocycles. The van der Waals surface area contributed by atoms with Crippen molar-refractivity contribution < 1.29 is 24.5 Å². The van der Waals surface area contributed by atoms with Gasteiger partial charge in [-0.05, 0) is 24.3 Å². The first-order valence-electron chi connectivity index (χ1n) is 6.49. The molecule has 0 unspecified atom stereocenters. The number of ketones is 1. The summed E-state index contributed by atoms with van der Waals surface area (Å²) in [6.07, 6.45) is 3.92. The van der Waals surface area contributed by atoms with E-state index in [1.54, 1.807) is 30.3 Å². The molecule has 0 fully saturated rings. The molecule has 0 saturated carbocycles. The normalized spacial score (nSPS) is 24.3. The maximum Gasteiger partial charge on any atom is 0.359 e. The molecule has 1 aromatic rings. The summed E-state index contributed by atoms with van der Waals surface area (Å²) in [5, 5.41) is 28.9. The number of benzene rings is 1. The van der Waals surface area contributed by atoms with Gasteiger partial charge in [-0.1, -0.05) is 6.08 Å². The van der Waals surface area contributed by atoms with E-state index in [2.05, 4.69) is 0 Å². The van der Waals surface area contributed by atoms with Crippen molar-refractivity contribution in [2.45, 2.75) is 6.10 Å². The van der Waals surface area contributed by atoms with Gasteiger partial charge in [0.05, 0.1) is 18.7 Å². The van der Waals surface area contributed by atoms with Crippen LogP contribution in [0.3, 0.4) is 0 Å². The summed E-state index contributed by atoms with van der Waals surface area (Å²) in [7, 11) is 1.44. The lowest BCUT2D eigenvalue weighted by atomic mass is 9.93. The van der Waals surface area contributed by atoms with Crippen LogP contribution in [0.5, 0.6) is 5.75 Å². The summed E-state index contributed by atoms with van der Waals surface area (Å²) in [5.74, 6) is 1.01. The van der Waals surface area contributed by atoms with E-state index in [9.17, 15) is 15.3 Å². The Balaban J connectivity index is 1.98. The summed E-state index contributed by atoms with van der Waals surface area (Å²) >= 11 is 0. The third-order valence-corrected chi connectivity index (χ3v) is 3.48. The number of methoxy groups -OCH3 is 1. The number of ether oxygens (including phenoxy) is 1. The van der Waals surface area contributed by atoms with Gasteiger partial charge in [0, 0.05) is 6.08 Å². The van der Waals surface area contributed by atoms with Crippen LogP contribution in [0.25, 0.3) is 0 Å². The molecule has 2 aliphatic rings. The van der Waals surface area contributed by atoms with Gasteiger partial charge in [0.25, 0.3) is 0 Å². The first-order chi connectivity index (χ1) is 10.1. The molecule has 5 heteroatoms. The molecule has 1 heterocycles. The van der Waals surface area contributed by atoms with Gasteiger partial charge in [-0.15, -0.1) is 0 Å². The predicted molar refractivity (Wildman–Crippen MR) is 75.8 cm³/mol. The predicted octanol–water partition coefficient (Wildman–Crippen LogP) is 1.97. The van der Waals surface area contributed by atoms with Crippen molar-refractivity contribution in [2.24, 2.45) is 5.92 Å². The second-order valence-electron chi connectivity index (χ2n) is 4.82. The molecule has 3 rings (SSSR count). The van der Waals surface area contributed by atoms with E-state index in [0.29, 0.717) is 11.5 Å². The Morgan fingerprint density at radius 1 is 1.14 bits per heavy atom. The summed E-state index contributed by atoms with van der Waals surface area (Å²) in [4.78, 5) is 0. The van der Waals surface area contributed by atoms with E-state index in [1.807, 2.05) is 6.08 Å². The molecule has 0 saturated heterocycles. The fraction of sp³-hybridized carbons (Fsp3) is 0.188. The summed E-state index contributed by atoms with van der Waals surface area (Å²) in [6.45, 7) is 0. The topological polar surface area (TPSA) is 81.2 Å². The number of rotatable bonds is 2. The number of phenols is 1. The van der Waals surface area contributed by atoms with E-state index in [1.165, 1.54) is 13.2 Å². The van der Waals surface area contributed by atoms with E-state index in [-0.39, 0.29) is 23.2 Å². The molecule has 5 nitrogen and oxygen atoms in total. The number of hydrogen-bond acceptors (Lipinski definition) is 4. The molecule has 1 aliphatic heterocycles. The van der Waals surface area contributed by atoms with Crippen LogP contribution < -0.4 is 0 Å². The zero-order valence-corrected chi connectivity index (χ0v) is 11.4. The Kier molecular flexibility index (Phi) is 3.27. The van der Waals surface area contributed by atoms with Crippen molar-refractivity contribution in [3.63, 3.8) is 0 Å². The Morgan fingerprint density at radius 2 is 1.86 bits per heavy atom. The number of aromatic hydroxyl groups is 1. The van der Waals surface area contributed by atoms with Gasteiger partial charge < -0.3 is 20.1 Å². The van der Waals surface area contributed by atoms with Crippen LogP contribution in [0.2, 0.25) is 0 Å². The highest BCUT2D eigenvalue weighted by Gasteiger charge is 2.40. The van der Waals surface area contributed by atoms with Gasteiger partial charge in [0.15, 0.2) is 17.4 Å². The average Bonchev–Trinajstić information content (AvgIpc) is 2.49. The van der Waals surface area contributed by atoms with Gasteiger partial charge in [0.1, 0.15) is 11.9 Å². The molecular formula is C16H15O5+. The largest absolute Gasteiger partial charge is 0.508 e. The fourth-order valence-electron chi connectivity index (χ4n) is 2.41. The molecule has 0 bridgehead atoms. The first kappa shape index (κ1) is 13.5. The number of hydrogen-bond donors (Lipinski definition) is 3. The van der Waals surface area contributed by atoms with Crippen LogP contribution in [-0.4, -0.2) is 34.3 Å². The minimum Gasteiger partial charge on any atom is -0.508 e. The lowest BCUT2D eigenvalue weighted by Crippen LogP contribution is -2.24. The van der Waals surface area contributed by atoms with Crippen molar-refractivity contribution in [3.8, 4) is 5.75 Å². The van der Waals surface area contributed by atoms with Gasteiger partial charge >= 0.3 is 11.5 Å². The molecule has 108 valence electrons. The van der Waals surface area contributed by atoms with E-state index in [4.69, 9.17) is 9.16 Å². The summed E-state index contributed by atoms with van der Waals surface area (Å²) in [5.41, 5.74) is 0.802. The third kappa shape index (κ3) is 2.32. The maximum absolute atomic E-state index is 9.83. The molecule has 3 N–H and O–H groups in total. The molecule has 0 spiro atoms. The van der Waals surface area contributed by atoms with E-state index >= 15 is 0 Å². The van der Waals surface area contributed by atoms with E-state index in [0.717, 1.165) is 5.56 Å². The van der Waals surface area contributed by atoms with Crippen LogP contribution >= 0.6 is 0 Å². The minimum absolute atomic E-state index is 0.179. The Bertz CT molecular complexity index is 679. The number of allylic oxidation sites excluding steroid dienone is 1. The van der Waals surface area contributed by atoms with Gasteiger partial charge in [0.2, 0.25) is 0 Å². The number of phenolic OH excluding ortho intramolecular Hbond substituents is 1. The lowest BCUT2D eigenvalue weighted by Gasteiger charge is -2.20. The highest BCUT2D eigenvalue weighted by molar-refractivity contribution is 6.05. The monoisotopic (exact) mass is 287 g/mol. The highest BCUT2D eigenvalue weighted by Crippen LogP contribution is 2.34. The van der Waals surface area contributed by atoms with Gasteiger partial charge in [-0.2, -0.15) is 0 Å². The van der Waals surface area contributed by atoms with Crippen LogP contribution in [0, 0.1) is 5.92 Å². The third-order valence-electron chi connectivity index (χ3n) is 3.48. The van der Waals surface area contributed by atoms with Crippen molar-refractivity contribution >= 4 is 5.78 Å². The summed E-state index contributed by atoms with van der Waals surface area (Å²) in [6, 6.07) is 6.61. The van der Waals surface area contributed by atoms with Crippen molar-refractivity contribution in [3.05, 3.63) is 65.3 Å². The minimum atomic E-state index is -1.14. The first-order valence-corrected chi connectivity index (χ1v) is 6.49. The van der Waals surface area contributed by atoms with Crippen molar-refractivity contribution in [2.75, 3.05) is 7.11 Å². The zero-order valence-electron chi connectivity index (χ0n) is 11.4. The second kappa shape index (κ2) is 5.10. The Hall–Kier alpha value is -2.53. The maximum atomic E-state index is 9.83. The van der Waals surface area contributed by atoms with Crippen molar-refractivity contribution in [1.29, 1.82) is 0 Å². The van der Waals surface area contributed by atoms with Crippen LogP contribution in [0.15, 0.2) is 59.8 Å². The SMILES string of the molecule is COC1=C(O)[C@@H](O)C=C2[O+]=C(c3ccc(O)cc3)C=C[C@H]21. The standard InChI is InChI=1S/C16H14O5/c1-20-16-11-6-7-13(9-2-4-10(17)5-3-9)21-14(11)8-12(18)15(16)19/h2-8,11-12,18H,1H3,(H-,17,19)/p+1/t11-,12+/m1/s1. The number of aliphatic hydroxyl groups is 2. The number of carbonyl (C=O) groups excluding carboxylic acids is 1. The molecule has 1 aliphatic carbocycles. The second-order valence-corrected chi connectivity index (χ2v) is 4.82. The van der Waals surface area contributed by atoms with Crippen LogP contribution in [0.4, 0.5) is 0 Å². The molecule has 21 heavy (non-hydrogen) atoms. The average molecular weight is 287 g/mol. The molecule has 0 aromatic heterocycles. The van der Waals surface area contributed by atoms with Gasteiger partial charge in [-0.3, -0.25) is 0 Å². The Labute approximate surface area is 121 Å². The molecule has 2 atom stereocenters. The van der Waals surface area contributed by atoms with Gasteiger partial charge in [-0.25, -0.2) is 4.42 Å². The molecule has 0 amide bonds. The quantitative estimate of drug-likeness (QED) is 0.726. The summed E-state index contributed by atoms with van der Waals surface area (Å²) < 4.78 is 10.9. The number of fused-ring (bicyclic) bond motifs is 1. The van der Waals surface area contributed by atoms with Crippen LogP contribution in [-0.2, 0) is 4.74 Å². The number of aliphatic hydroxyl groups excluding tert-OH is 2. The molecular weight excluding hydrogens is 272 g/mol. The van der Waals surface area contributed by atoms with Crippen LogP contribution in [0.1, 0.15) is 9.99 Å². The molecule has 0 radical (unpaired) electrons. The van der Waals surface area contributed by atoms with E-state index < -0.39 is 6.10 Å². The highest BCUT2D eigenvalue weighted by atomic mass is 16.5. The van der Waals surface area contributed by atoms with Crippen molar-refractivity contribution in [1.82, 2.24) is 0 Å². The lowest BCUT2D eigenvalue weighted by molar-refractivity contribution is -0.217.